The summed E-state index contributed by atoms with van der Waals surface area (Å²) in [4.78, 5) is 14.4. The van der Waals surface area contributed by atoms with E-state index in [1.165, 1.54) is 5.56 Å². The third-order valence-corrected chi connectivity index (χ3v) is 4.55. The number of carbonyl (C=O) groups is 1. The Hall–Kier alpha value is -0.910. The van der Waals surface area contributed by atoms with Crippen molar-refractivity contribution in [2.75, 3.05) is 19.6 Å². The summed E-state index contributed by atoms with van der Waals surface area (Å²) < 4.78 is 5.97. The monoisotopic (exact) mass is 280 g/mol. The molecule has 0 bridgehead atoms. The number of rotatable bonds is 2. The SMILES string of the molecule is C[C@@H]1CN(C(=O)[C@@H]2CCCN2)C[C@H](c2ccsc2)O1. The maximum Gasteiger partial charge on any atom is 0.239 e. The Bertz CT molecular complexity index is 429. The molecule has 1 aromatic rings. The molecule has 5 heteroatoms. The minimum Gasteiger partial charge on any atom is -0.367 e. The van der Waals surface area contributed by atoms with Crippen LogP contribution in [0, 0.1) is 0 Å². The summed E-state index contributed by atoms with van der Waals surface area (Å²) in [5, 5.41) is 7.46. The largest absolute Gasteiger partial charge is 0.367 e. The fraction of sp³-hybridized carbons (Fsp3) is 0.643. The van der Waals surface area contributed by atoms with E-state index in [-0.39, 0.29) is 24.2 Å². The second-order valence-electron chi connectivity index (χ2n) is 5.38. The lowest BCUT2D eigenvalue weighted by atomic mass is 10.1. The molecule has 3 atom stereocenters. The van der Waals surface area contributed by atoms with E-state index in [4.69, 9.17) is 4.74 Å². The first-order valence-corrected chi connectivity index (χ1v) is 7.88. The summed E-state index contributed by atoms with van der Waals surface area (Å²) in [6.45, 7) is 4.39. The van der Waals surface area contributed by atoms with Crippen molar-refractivity contribution in [3.63, 3.8) is 0 Å². The highest BCUT2D eigenvalue weighted by Crippen LogP contribution is 2.27. The van der Waals surface area contributed by atoms with Crippen LogP contribution >= 0.6 is 11.3 Å². The average molecular weight is 280 g/mol. The third-order valence-electron chi connectivity index (χ3n) is 3.85. The molecule has 2 saturated heterocycles. The first-order chi connectivity index (χ1) is 9.24. The quantitative estimate of drug-likeness (QED) is 0.898. The van der Waals surface area contributed by atoms with Gasteiger partial charge in [0.2, 0.25) is 5.91 Å². The number of amides is 1. The zero-order valence-corrected chi connectivity index (χ0v) is 12.0. The Kier molecular flexibility index (Phi) is 3.86. The topological polar surface area (TPSA) is 41.6 Å². The number of nitrogens with one attached hydrogen (secondary N) is 1. The van der Waals surface area contributed by atoms with Crippen LogP contribution in [0.1, 0.15) is 31.4 Å². The maximum absolute atomic E-state index is 12.5. The third kappa shape index (κ3) is 2.83. The normalized spacial score (nSPS) is 31.6. The van der Waals surface area contributed by atoms with Gasteiger partial charge in [0, 0.05) is 6.54 Å². The van der Waals surface area contributed by atoms with Gasteiger partial charge in [0.25, 0.3) is 0 Å². The molecule has 0 spiro atoms. The van der Waals surface area contributed by atoms with Gasteiger partial charge in [-0.15, -0.1) is 0 Å². The molecule has 104 valence electrons. The van der Waals surface area contributed by atoms with Gasteiger partial charge >= 0.3 is 0 Å². The van der Waals surface area contributed by atoms with Gasteiger partial charge in [-0.1, -0.05) is 0 Å². The molecule has 0 aliphatic carbocycles. The van der Waals surface area contributed by atoms with Crippen molar-refractivity contribution in [2.24, 2.45) is 0 Å². The van der Waals surface area contributed by atoms with Gasteiger partial charge in [0.15, 0.2) is 0 Å². The van der Waals surface area contributed by atoms with Crippen molar-refractivity contribution in [3.05, 3.63) is 22.4 Å². The second kappa shape index (κ2) is 5.61. The minimum atomic E-state index is 0.0217. The summed E-state index contributed by atoms with van der Waals surface area (Å²) in [6.07, 6.45) is 2.20. The van der Waals surface area contributed by atoms with Crippen LogP contribution in [0.25, 0.3) is 0 Å². The van der Waals surface area contributed by atoms with E-state index >= 15 is 0 Å². The molecular weight excluding hydrogens is 260 g/mol. The van der Waals surface area contributed by atoms with Crippen molar-refractivity contribution < 1.29 is 9.53 Å². The Labute approximate surface area is 117 Å². The van der Waals surface area contributed by atoms with Gasteiger partial charge in [0.05, 0.1) is 18.7 Å². The van der Waals surface area contributed by atoms with Gasteiger partial charge < -0.3 is 15.0 Å². The summed E-state index contributed by atoms with van der Waals surface area (Å²) in [5.74, 6) is 0.243. The van der Waals surface area contributed by atoms with Crippen LogP contribution in [0.2, 0.25) is 0 Å². The molecule has 2 aliphatic heterocycles. The Balaban J connectivity index is 1.69. The zero-order valence-electron chi connectivity index (χ0n) is 11.2. The second-order valence-corrected chi connectivity index (χ2v) is 6.16. The molecule has 1 aromatic heterocycles. The van der Waals surface area contributed by atoms with Crippen LogP contribution in [0.4, 0.5) is 0 Å². The molecule has 2 aliphatic rings. The van der Waals surface area contributed by atoms with E-state index in [0.29, 0.717) is 13.1 Å². The van der Waals surface area contributed by atoms with E-state index in [0.717, 1.165) is 19.4 Å². The predicted octanol–water partition coefficient (Wildman–Crippen LogP) is 1.79. The molecule has 4 nitrogen and oxygen atoms in total. The smallest absolute Gasteiger partial charge is 0.239 e. The number of morpholine rings is 1. The maximum atomic E-state index is 12.5. The van der Waals surface area contributed by atoms with E-state index in [1.54, 1.807) is 11.3 Å². The molecule has 0 radical (unpaired) electrons. The molecule has 19 heavy (non-hydrogen) atoms. The van der Waals surface area contributed by atoms with E-state index in [9.17, 15) is 4.79 Å². The van der Waals surface area contributed by atoms with Gasteiger partial charge in [-0.2, -0.15) is 11.3 Å². The van der Waals surface area contributed by atoms with E-state index in [2.05, 4.69) is 22.1 Å². The highest BCUT2D eigenvalue weighted by molar-refractivity contribution is 7.07. The minimum absolute atomic E-state index is 0.0217. The molecule has 2 fully saturated rings. The van der Waals surface area contributed by atoms with Crippen LogP contribution in [0.15, 0.2) is 16.8 Å². The Morgan fingerprint density at radius 3 is 3.11 bits per heavy atom. The lowest BCUT2D eigenvalue weighted by Crippen LogP contribution is -2.51. The van der Waals surface area contributed by atoms with Gasteiger partial charge in [-0.3, -0.25) is 4.79 Å². The molecule has 0 aromatic carbocycles. The summed E-state index contributed by atoms with van der Waals surface area (Å²) in [6, 6.07) is 2.11. The Morgan fingerprint density at radius 1 is 1.53 bits per heavy atom. The predicted molar refractivity (Wildman–Crippen MR) is 75.2 cm³/mol. The van der Waals surface area contributed by atoms with Crippen molar-refractivity contribution in [2.45, 2.75) is 38.0 Å². The van der Waals surface area contributed by atoms with E-state index < -0.39 is 0 Å². The fourth-order valence-electron chi connectivity index (χ4n) is 2.89. The molecule has 0 saturated carbocycles. The Morgan fingerprint density at radius 2 is 2.42 bits per heavy atom. The van der Waals surface area contributed by atoms with Crippen molar-refractivity contribution in [1.29, 1.82) is 0 Å². The fourth-order valence-corrected chi connectivity index (χ4v) is 3.59. The summed E-state index contributed by atoms with van der Waals surface area (Å²) in [7, 11) is 0. The lowest BCUT2D eigenvalue weighted by Gasteiger charge is -2.37. The van der Waals surface area contributed by atoms with Gasteiger partial charge in [0.1, 0.15) is 6.10 Å². The highest BCUT2D eigenvalue weighted by Gasteiger charge is 2.33. The zero-order chi connectivity index (χ0) is 13.2. The number of ether oxygens (including phenoxy) is 1. The molecule has 3 rings (SSSR count). The number of hydrogen-bond donors (Lipinski definition) is 1. The first kappa shape index (κ1) is 13.1. The number of hydrogen-bond acceptors (Lipinski definition) is 4. The average Bonchev–Trinajstić information content (AvgIpc) is 3.10. The van der Waals surface area contributed by atoms with Crippen LogP contribution < -0.4 is 5.32 Å². The van der Waals surface area contributed by atoms with Crippen LogP contribution in [-0.2, 0) is 9.53 Å². The van der Waals surface area contributed by atoms with Gasteiger partial charge in [-0.25, -0.2) is 0 Å². The highest BCUT2D eigenvalue weighted by atomic mass is 32.1. The van der Waals surface area contributed by atoms with Crippen LogP contribution in [0.5, 0.6) is 0 Å². The summed E-state index contributed by atoms with van der Waals surface area (Å²) in [5.41, 5.74) is 1.19. The van der Waals surface area contributed by atoms with Crippen molar-refractivity contribution in [3.8, 4) is 0 Å². The molecule has 3 heterocycles. The molecule has 1 amide bonds. The molecule has 0 unspecified atom stereocenters. The van der Waals surface area contributed by atoms with E-state index in [1.807, 2.05) is 11.8 Å². The summed E-state index contributed by atoms with van der Waals surface area (Å²) >= 11 is 1.67. The first-order valence-electron chi connectivity index (χ1n) is 6.94. The van der Waals surface area contributed by atoms with Gasteiger partial charge in [-0.05, 0) is 48.7 Å². The molecule has 1 N–H and O–H groups in total. The van der Waals surface area contributed by atoms with Crippen LogP contribution in [0.3, 0.4) is 0 Å². The van der Waals surface area contributed by atoms with Crippen molar-refractivity contribution in [1.82, 2.24) is 10.2 Å². The number of nitrogens with zero attached hydrogens (tertiary/aromatic N) is 1. The molecular formula is C14H20N2O2S. The standard InChI is InChI=1S/C14H20N2O2S/c1-10-7-16(14(17)12-3-2-5-15-12)8-13(18-10)11-4-6-19-9-11/h4,6,9-10,12-13,15H,2-3,5,7-8H2,1H3/t10-,12+,13-/m1/s1. The van der Waals surface area contributed by atoms with Crippen molar-refractivity contribution >= 4 is 17.2 Å². The van der Waals surface area contributed by atoms with Crippen LogP contribution in [-0.4, -0.2) is 42.6 Å². The number of thiophene rings is 1. The lowest BCUT2D eigenvalue weighted by molar-refractivity contribution is -0.146. The number of carbonyl (C=O) groups excluding carboxylic acids is 1.